The van der Waals surface area contributed by atoms with Gasteiger partial charge in [-0.3, -0.25) is 9.48 Å². The molecule has 0 aromatic carbocycles. The van der Waals surface area contributed by atoms with Gasteiger partial charge in [0, 0.05) is 13.0 Å². The second-order valence-electron chi connectivity index (χ2n) is 5.03. The Balaban J connectivity index is 2.08. The average Bonchev–Trinajstić information content (AvgIpc) is 2.53. The lowest BCUT2D eigenvalue weighted by Gasteiger charge is -2.31. The predicted molar refractivity (Wildman–Crippen MR) is 71.8 cm³/mol. The van der Waals surface area contributed by atoms with Crippen molar-refractivity contribution in [1.82, 2.24) is 15.1 Å². The van der Waals surface area contributed by atoms with Crippen molar-refractivity contribution in [2.45, 2.75) is 26.7 Å². The Morgan fingerprint density at radius 2 is 2.28 bits per heavy atom. The van der Waals surface area contributed by atoms with Crippen LogP contribution in [0, 0.1) is 11.8 Å². The summed E-state index contributed by atoms with van der Waals surface area (Å²) in [5, 5.41) is 8.20. The molecular weight excluding hydrogens is 250 g/mol. The van der Waals surface area contributed by atoms with Crippen molar-refractivity contribution in [2.75, 3.05) is 13.1 Å². The molecule has 1 aliphatic rings. The van der Waals surface area contributed by atoms with Gasteiger partial charge in [-0.1, -0.05) is 25.4 Å². The third-order valence-corrected chi connectivity index (χ3v) is 4.31. The van der Waals surface area contributed by atoms with Crippen LogP contribution in [0.4, 0.5) is 0 Å². The minimum Gasteiger partial charge on any atom is -0.316 e. The number of carbonyl (C=O) groups excluding carboxylic acids is 1. The van der Waals surface area contributed by atoms with Gasteiger partial charge in [-0.15, -0.1) is 0 Å². The standard InChI is InChI=1S/C13H20ClN3O/c1-4-10-13(14)11(17(3)16-10)5-12(18)8(2)9-6-15-7-9/h8-9,15H,4-7H2,1-3H3. The summed E-state index contributed by atoms with van der Waals surface area (Å²) >= 11 is 6.26. The van der Waals surface area contributed by atoms with E-state index in [1.54, 1.807) is 4.68 Å². The van der Waals surface area contributed by atoms with E-state index in [9.17, 15) is 4.79 Å². The molecule has 1 fully saturated rings. The first-order valence-electron chi connectivity index (χ1n) is 6.48. The molecule has 1 atom stereocenters. The van der Waals surface area contributed by atoms with E-state index in [2.05, 4.69) is 10.4 Å². The van der Waals surface area contributed by atoms with Gasteiger partial charge in [-0.2, -0.15) is 5.10 Å². The van der Waals surface area contributed by atoms with Crippen LogP contribution in [0.1, 0.15) is 25.2 Å². The van der Waals surface area contributed by atoms with Gasteiger partial charge in [0.2, 0.25) is 0 Å². The topological polar surface area (TPSA) is 46.9 Å². The number of carbonyl (C=O) groups is 1. The first-order valence-corrected chi connectivity index (χ1v) is 6.86. The fourth-order valence-electron chi connectivity index (χ4n) is 2.27. The number of rotatable bonds is 5. The molecule has 2 heterocycles. The summed E-state index contributed by atoms with van der Waals surface area (Å²) in [6, 6.07) is 0. The van der Waals surface area contributed by atoms with E-state index in [4.69, 9.17) is 11.6 Å². The van der Waals surface area contributed by atoms with E-state index < -0.39 is 0 Å². The van der Waals surface area contributed by atoms with Crippen LogP contribution in [0.5, 0.6) is 0 Å². The van der Waals surface area contributed by atoms with Gasteiger partial charge in [0.1, 0.15) is 5.78 Å². The molecule has 5 heteroatoms. The maximum Gasteiger partial charge on any atom is 0.142 e. The molecule has 0 aliphatic carbocycles. The van der Waals surface area contributed by atoms with E-state index in [1.165, 1.54) is 0 Å². The van der Waals surface area contributed by atoms with Crippen LogP contribution in [-0.2, 0) is 24.7 Å². The first-order chi connectivity index (χ1) is 8.54. The zero-order valence-electron chi connectivity index (χ0n) is 11.2. The molecule has 1 N–H and O–H groups in total. The number of hydrogen-bond donors (Lipinski definition) is 1. The highest BCUT2D eigenvalue weighted by molar-refractivity contribution is 6.32. The summed E-state index contributed by atoms with van der Waals surface area (Å²) in [5.41, 5.74) is 1.72. The zero-order valence-corrected chi connectivity index (χ0v) is 11.9. The molecule has 0 amide bonds. The summed E-state index contributed by atoms with van der Waals surface area (Å²) < 4.78 is 1.74. The summed E-state index contributed by atoms with van der Waals surface area (Å²) in [6.45, 7) is 5.93. The van der Waals surface area contributed by atoms with Crippen molar-refractivity contribution < 1.29 is 4.79 Å². The van der Waals surface area contributed by atoms with Crippen molar-refractivity contribution in [3.05, 3.63) is 16.4 Å². The number of aromatic nitrogens is 2. The lowest BCUT2D eigenvalue weighted by atomic mass is 9.84. The van der Waals surface area contributed by atoms with Gasteiger partial charge in [0.15, 0.2) is 0 Å². The molecule has 0 radical (unpaired) electrons. The highest BCUT2D eigenvalue weighted by Gasteiger charge is 2.29. The van der Waals surface area contributed by atoms with Crippen molar-refractivity contribution in [3.8, 4) is 0 Å². The van der Waals surface area contributed by atoms with Gasteiger partial charge >= 0.3 is 0 Å². The van der Waals surface area contributed by atoms with Crippen molar-refractivity contribution in [1.29, 1.82) is 0 Å². The average molecular weight is 270 g/mol. The molecule has 18 heavy (non-hydrogen) atoms. The SMILES string of the molecule is CCc1nn(C)c(CC(=O)C(C)C2CNC2)c1Cl. The number of aryl methyl sites for hydroxylation is 2. The van der Waals surface area contributed by atoms with Gasteiger partial charge in [0.05, 0.1) is 22.8 Å². The highest BCUT2D eigenvalue weighted by atomic mass is 35.5. The number of hydrogen-bond acceptors (Lipinski definition) is 3. The van der Waals surface area contributed by atoms with Crippen LogP contribution in [0.2, 0.25) is 5.02 Å². The van der Waals surface area contributed by atoms with Gasteiger partial charge in [-0.05, 0) is 25.4 Å². The van der Waals surface area contributed by atoms with Gasteiger partial charge in [-0.25, -0.2) is 0 Å². The Labute approximate surface area is 113 Å². The van der Waals surface area contributed by atoms with Crippen LogP contribution in [0.3, 0.4) is 0 Å². The van der Waals surface area contributed by atoms with E-state index in [0.717, 1.165) is 30.9 Å². The molecule has 1 saturated heterocycles. The van der Waals surface area contributed by atoms with E-state index in [1.807, 2.05) is 20.9 Å². The van der Waals surface area contributed by atoms with E-state index in [-0.39, 0.29) is 11.7 Å². The van der Waals surface area contributed by atoms with Gasteiger partial charge in [0.25, 0.3) is 0 Å². The molecule has 4 nitrogen and oxygen atoms in total. The maximum atomic E-state index is 12.2. The number of nitrogens with one attached hydrogen (secondary N) is 1. The maximum absolute atomic E-state index is 12.2. The van der Waals surface area contributed by atoms with E-state index in [0.29, 0.717) is 17.4 Å². The second kappa shape index (κ2) is 5.41. The Morgan fingerprint density at radius 3 is 2.72 bits per heavy atom. The Hall–Kier alpha value is -0.870. The number of halogens is 1. The van der Waals surface area contributed by atoms with Gasteiger partial charge < -0.3 is 5.32 Å². The fourth-order valence-corrected chi connectivity index (χ4v) is 2.63. The predicted octanol–water partition coefficient (Wildman–Crippen LogP) is 1.60. The first kappa shape index (κ1) is 13.6. The van der Waals surface area contributed by atoms with Crippen LogP contribution < -0.4 is 5.32 Å². The van der Waals surface area contributed by atoms with Crippen molar-refractivity contribution in [2.24, 2.45) is 18.9 Å². The lowest BCUT2D eigenvalue weighted by molar-refractivity contribution is -0.123. The highest BCUT2D eigenvalue weighted by Crippen LogP contribution is 2.24. The largest absolute Gasteiger partial charge is 0.316 e. The summed E-state index contributed by atoms with van der Waals surface area (Å²) in [4.78, 5) is 12.2. The number of ketones is 1. The smallest absolute Gasteiger partial charge is 0.142 e. The van der Waals surface area contributed by atoms with E-state index >= 15 is 0 Å². The molecule has 1 aromatic heterocycles. The molecule has 1 aliphatic heterocycles. The summed E-state index contributed by atoms with van der Waals surface area (Å²) in [7, 11) is 1.85. The lowest BCUT2D eigenvalue weighted by Crippen LogP contribution is -2.47. The number of Topliss-reactive ketones (excluding diaryl/α,β-unsaturated/α-hetero) is 1. The molecule has 2 rings (SSSR count). The molecule has 1 aromatic rings. The van der Waals surface area contributed by atoms with Crippen LogP contribution >= 0.6 is 11.6 Å². The third kappa shape index (κ3) is 2.45. The minimum atomic E-state index is 0.0993. The molecule has 0 saturated carbocycles. The monoisotopic (exact) mass is 269 g/mol. The minimum absolute atomic E-state index is 0.0993. The van der Waals surface area contributed by atoms with Crippen LogP contribution in [0.15, 0.2) is 0 Å². The quantitative estimate of drug-likeness (QED) is 0.883. The van der Waals surface area contributed by atoms with Crippen LogP contribution in [-0.4, -0.2) is 28.7 Å². The third-order valence-electron chi connectivity index (χ3n) is 3.87. The zero-order chi connectivity index (χ0) is 13.3. The molecule has 0 bridgehead atoms. The molecule has 0 spiro atoms. The van der Waals surface area contributed by atoms with Crippen molar-refractivity contribution in [3.63, 3.8) is 0 Å². The second-order valence-corrected chi connectivity index (χ2v) is 5.41. The molecule has 1 unspecified atom stereocenters. The Bertz CT molecular complexity index is 451. The molecular formula is C13H20ClN3O. The van der Waals surface area contributed by atoms with Crippen molar-refractivity contribution >= 4 is 17.4 Å². The molecule has 100 valence electrons. The number of nitrogens with zero attached hydrogens (tertiary/aromatic N) is 2. The normalized spacial score (nSPS) is 17.6. The summed E-state index contributed by atoms with van der Waals surface area (Å²) in [6.07, 6.45) is 1.18. The Morgan fingerprint density at radius 1 is 1.61 bits per heavy atom. The Kier molecular flexibility index (Phi) is 4.07. The fraction of sp³-hybridized carbons (Fsp3) is 0.692. The van der Waals surface area contributed by atoms with Crippen LogP contribution in [0.25, 0.3) is 0 Å². The summed E-state index contributed by atoms with van der Waals surface area (Å²) in [5.74, 6) is 0.839.